The first-order valence-corrected chi connectivity index (χ1v) is 12.9. The van der Waals surface area contributed by atoms with Gasteiger partial charge in [-0.2, -0.15) is 0 Å². The zero-order chi connectivity index (χ0) is 24.2. The summed E-state index contributed by atoms with van der Waals surface area (Å²) in [5, 5.41) is 3.13. The van der Waals surface area contributed by atoms with E-state index in [1.165, 1.54) is 18.4 Å². The van der Waals surface area contributed by atoms with E-state index in [4.69, 9.17) is 9.47 Å². The summed E-state index contributed by atoms with van der Waals surface area (Å²) in [6.45, 7) is 1.60. The summed E-state index contributed by atoms with van der Waals surface area (Å²) in [5.74, 6) is 3.46. The second-order valence-corrected chi connectivity index (χ2v) is 11.0. The minimum atomic E-state index is -0.352. The van der Waals surface area contributed by atoms with E-state index < -0.39 is 0 Å². The molecule has 2 aliphatic heterocycles. The second-order valence-electron chi connectivity index (χ2n) is 11.0. The third-order valence-electron chi connectivity index (χ3n) is 8.79. The van der Waals surface area contributed by atoms with Crippen molar-refractivity contribution < 1.29 is 14.3 Å². The van der Waals surface area contributed by atoms with Crippen LogP contribution < -0.4 is 25.6 Å². The number of fused-ring (bicyclic) bond motifs is 3. The topological polar surface area (TPSA) is 74.9 Å². The number of nitrogens with zero attached hydrogens (tertiary/aromatic N) is 1. The molecule has 7 heteroatoms. The van der Waals surface area contributed by atoms with Crippen LogP contribution in [-0.4, -0.2) is 51.2 Å². The summed E-state index contributed by atoms with van der Waals surface area (Å²) in [5.41, 5.74) is 10.2. The van der Waals surface area contributed by atoms with Gasteiger partial charge in [-0.25, -0.2) is 5.43 Å². The van der Waals surface area contributed by atoms with Crippen LogP contribution in [0.15, 0.2) is 42.5 Å². The Balaban J connectivity index is 1.10. The first-order chi connectivity index (χ1) is 17.0. The highest BCUT2D eigenvalue weighted by Crippen LogP contribution is 2.65. The van der Waals surface area contributed by atoms with Crippen LogP contribution in [0.2, 0.25) is 0 Å². The van der Waals surface area contributed by atoms with E-state index in [-0.39, 0.29) is 11.3 Å². The molecule has 0 aromatic heterocycles. The predicted molar refractivity (Wildman–Crippen MR) is 136 cm³/mol. The number of rotatable bonds is 7. The van der Waals surface area contributed by atoms with E-state index in [2.05, 4.69) is 65.5 Å². The number of nitrogens with one attached hydrogen (secondary N) is 3. The number of ether oxygens (including phenoxy) is 2. The molecule has 1 amide bonds. The van der Waals surface area contributed by atoms with E-state index >= 15 is 0 Å². The molecule has 35 heavy (non-hydrogen) atoms. The highest BCUT2D eigenvalue weighted by Gasteiger charge is 2.67. The highest BCUT2D eigenvalue weighted by atomic mass is 16.5. The lowest BCUT2D eigenvalue weighted by atomic mass is 9.72. The van der Waals surface area contributed by atoms with Crippen LogP contribution in [0.5, 0.6) is 11.5 Å². The largest absolute Gasteiger partial charge is 0.497 e. The Hall–Kier alpha value is -2.61. The van der Waals surface area contributed by atoms with Gasteiger partial charge in [0.25, 0.3) is 0 Å². The van der Waals surface area contributed by atoms with Gasteiger partial charge in [-0.1, -0.05) is 12.1 Å². The molecule has 0 radical (unpaired) electrons. The number of likely N-dealkylation sites (N-methyl/N-ethyl adjacent to an activating group) is 1. The van der Waals surface area contributed by atoms with Crippen LogP contribution >= 0.6 is 0 Å². The molecule has 2 heterocycles. The molecule has 2 saturated carbocycles. The van der Waals surface area contributed by atoms with Crippen molar-refractivity contribution in [2.75, 3.05) is 39.7 Å². The fourth-order valence-corrected chi connectivity index (χ4v) is 6.82. The van der Waals surface area contributed by atoms with Gasteiger partial charge in [0, 0.05) is 18.3 Å². The summed E-state index contributed by atoms with van der Waals surface area (Å²) in [7, 11) is 5.79. The van der Waals surface area contributed by atoms with Gasteiger partial charge in [-0.15, -0.1) is 0 Å². The van der Waals surface area contributed by atoms with E-state index in [9.17, 15) is 4.79 Å². The number of hydrazine groups is 1. The van der Waals surface area contributed by atoms with E-state index in [0.717, 1.165) is 42.1 Å². The molecule has 1 spiro atoms. The van der Waals surface area contributed by atoms with Crippen molar-refractivity contribution in [3.63, 3.8) is 0 Å². The van der Waals surface area contributed by atoms with Crippen LogP contribution in [0.25, 0.3) is 0 Å². The summed E-state index contributed by atoms with van der Waals surface area (Å²) < 4.78 is 11.3. The van der Waals surface area contributed by atoms with Gasteiger partial charge in [0.2, 0.25) is 5.91 Å². The quantitative estimate of drug-likeness (QED) is 0.568. The molecule has 2 aromatic carbocycles. The Labute approximate surface area is 207 Å². The molecule has 7 nitrogen and oxygen atoms in total. The van der Waals surface area contributed by atoms with Gasteiger partial charge < -0.3 is 19.7 Å². The van der Waals surface area contributed by atoms with Crippen molar-refractivity contribution in [1.29, 1.82) is 0 Å². The van der Waals surface area contributed by atoms with Gasteiger partial charge in [-0.05, 0) is 99.0 Å². The molecule has 3 fully saturated rings. The van der Waals surface area contributed by atoms with Crippen molar-refractivity contribution >= 4 is 11.6 Å². The molecule has 6 atom stereocenters. The second kappa shape index (κ2) is 8.80. The fraction of sp³-hybridized carbons (Fsp3) is 0.536. The number of hydrogen-bond donors (Lipinski definition) is 3. The highest BCUT2D eigenvalue weighted by molar-refractivity contribution is 6.09. The lowest BCUT2D eigenvalue weighted by Crippen LogP contribution is -2.37. The lowest BCUT2D eigenvalue weighted by Gasteiger charge is -2.34. The molecule has 4 unspecified atom stereocenters. The van der Waals surface area contributed by atoms with Crippen molar-refractivity contribution in [3.05, 3.63) is 53.6 Å². The molecule has 0 bridgehead atoms. The average Bonchev–Trinajstić information content (AvgIpc) is 3.39. The van der Waals surface area contributed by atoms with E-state index in [0.29, 0.717) is 36.4 Å². The molecule has 3 N–H and O–H groups in total. The first-order valence-electron chi connectivity index (χ1n) is 12.9. The standard InChI is InChI=1S/C28H36N4O3/c1-32(2)12-13-35-19-7-4-17(5-8-19)26-21-10-6-18(14-25(21)30-31-26)23-16-28(23)22-15-20(34-3)9-11-24(22)29-27(28)33/h4-5,7-9,11,15,18,21,23,25-26,30-31H,6,10,12-14,16H2,1-3H3,(H,29,33)/t18?,21?,23-,25?,26?,28-/m0/s1. The lowest BCUT2D eigenvalue weighted by molar-refractivity contribution is -0.118. The number of benzene rings is 2. The van der Waals surface area contributed by atoms with Gasteiger partial charge in [0.1, 0.15) is 18.1 Å². The van der Waals surface area contributed by atoms with Gasteiger partial charge in [0.15, 0.2) is 0 Å². The minimum Gasteiger partial charge on any atom is -0.497 e. The summed E-state index contributed by atoms with van der Waals surface area (Å²) in [4.78, 5) is 15.2. The van der Waals surface area contributed by atoms with E-state index in [1.54, 1.807) is 7.11 Å². The predicted octanol–water partition coefficient (Wildman–Crippen LogP) is 3.48. The third-order valence-corrected chi connectivity index (χ3v) is 8.79. The van der Waals surface area contributed by atoms with Crippen molar-refractivity contribution in [1.82, 2.24) is 15.8 Å². The number of amides is 1. The first kappa shape index (κ1) is 22.8. The van der Waals surface area contributed by atoms with Crippen molar-refractivity contribution in [3.8, 4) is 11.5 Å². The van der Waals surface area contributed by atoms with Crippen LogP contribution in [0, 0.1) is 17.8 Å². The van der Waals surface area contributed by atoms with Crippen LogP contribution in [-0.2, 0) is 10.2 Å². The summed E-state index contributed by atoms with van der Waals surface area (Å²) >= 11 is 0. The zero-order valence-electron chi connectivity index (χ0n) is 20.8. The Bertz CT molecular complexity index is 1100. The van der Waals surface area contributed by atoms with Crippen LogP contribution in [0.4, 0.5) is 5.69 Å². The monoisotopic (exact) mass is 476 g/mol. The van der Waals surface area contributed by atoms with Crippen LogP contribution in [0.1, 0.15) is 42.9 Å². The maximum atomic E-state index is 13.1. The number of anilines is 1. The normalized spacial score (nSPS) is 32.9. The number of methoxy groups -OCH3 is 1. The molecule has 2 aliphatic carbocycles. The Kier molecular flexibility index (Phi) is 5.74. The molecular formula is C28H36N4O3. The van der Waals surface area contributed by atoms with Crippen molar-refractivity contribution in [2.45, 2.75) is 43.2 Å². The summed E-state index contributed by atoms with van der Waals surface area (Å²) in [6, 6.07) is 15.3. The Morgan fingerprint density at radius 1 is 1.06 bits per heavy atom. The average molecular weight is 477 g/mol. The molecule has 186 valence electrons. The number of hydrogen-bond acceptors (Lipinski definition) is 6. The molecule has 1 saturated heterocycles. The van der Waals surface area contributed by atoms with Gasteiger partial charge >= 0.3 is 0 Å². The van der Waals surface area contributed by atoms with Gasteiger partial charge in [0.05, 0.1) is 18.6 Å². The van der Waals surface area contributed by atoms with E-state index in [1.807, 2.05) is 12.1 Å². The summed E-state index contributed by atoms with van der Waals surface area (Å²) in [6.07, 6.45) is 4.40. The zero-order valence-corrected chi connectivity index (χ0v) is 20.8. The Morgan fingerprint density at radius 2 is 1.86 bits per heavy atom. The molecule has 2 aromatic rings. The number of carbonyl (C=O) groups excluding carboxylic acids is 1. The Morgan fingerprint density at radius 3 is 2.63 bits per heavy atom. The molecule has 6 rings (SSSR count). The number of carbonyl (C=O) groups is 1. The fourth-order valence-electron chi connectivity index (χ4n) is 6.82. The maximum Gasteiger partial charge on any atom is 0.235 e. The van der Waals surface area contributed by atoms with Gasteiger partial charge in [-0.3, -0.25) is 10.2 Å². The van der Waals surface area contributed by atoms with Crippen LogP contribution in [0.3, 0.4) is 0 Å². The van der Waals surface area contributed by atoms with Crippen molar-refractivity contribution in [2.24, 2.45) is 17.8 Å². The third kappa shape index (κ3) is 3.90. The minimum absolute atomic E-state index is 0.177. The molecular weight excluding hydrogens is 440 g/mol. The SMILES string of the molecule is COc1ccc2c(c1)[C@]1(C[C@H]1C1CCC3C(C1)NNC3c1ccc(OCCN(C)C)cc1)C(=O)N2. The maximum absolute atomic E-state index is 13.1. The smallest absolute Gasteiger partial charge is 0.235 e. The molecule has 4 aliphatic rings.